The van der Waals surface area contributed by atoms with Gasteiger partial charge in [-0.05, 0) is 43.9 Å². The average Bonchev–Trinajstić information content (AvgIpc) is 2.90. The monoisotopic (exact) mass is 297 g/mol. The highest BCUT2D eigenvalue weighted by Gasteiger charge is 2.40. The molecule has 0 saturated heterocycles. The molecule has 0 spiro atoms. The number of aliphatic hydroxyl groups is 1. The number of nitrogens with one attached hydrogen (secondary N) is 1. The van der Waals surface area contributed by atoms with E-state index < -0.39 is 23.4 Å². The highest BCUT2D eigenvalue weighted by Crippen LogP contribution is 2.40. The average molecular weight is 297 g/mol. The van der Waals surface area contributed by atoms with Crippen molar-refractivity contribution in [2.75, 3.05) is 6.54 Å². The number of hydrogen-bond donors (Lipinski definition) is 3. The Morgan fingerprint density at radius 3 is 2.24 bits per heavy atom. The van der Waals surface area contributed by atoms with Crippen LogP contribution >= 0.6 is 0 Å². The molecule has 0 aromatic heterocycles. The molecule has 5 nitrogen and oxygen atoms in total. The molecule has 0 radical (unpaired) electrons. The van der Waals surface area contributed by atoms with Gasteiger partial charge in [0.1, 0.15) is 0 Å². The predicted molar refractivity (Wildman–Crippen MR) is 78.7 cm³/mol. The van der Waals surface area contributed by atoms with E-state index in [9.17, 15) is 14.7 Å². The van der Waals surface area contributed by atoms with Gasteiger partial charge in [-0.3, -0.25) is 9.59 Å². The van der Waals surface area contributed by atoms with Crippen LogP contribution in [-0.4, -0.2) is 34.2 Å². The van der Waals surface area contributed by atoms with Crippen molar-refractivity contribution < 1.29 is 19.8 Å². The lowest BCUT2D eigenvalue weighted by Gasteiger charge is -2.40. The predicted octanol–water partition coefficient (Wildman–Crippen LogP) is 1.93. The minimum absolute atomic E-state index is 0.210. The van der Waals surface area contributed by atoms with E-state index in [1.165, 1.54) is 0 Å². The Balaban J connectivity index is 1.85. The summed E-state index contributed by atoms with van der Waals surface area (Å²) < 4.78 is 0. The highest BCUT2D eigenvalue weighted by atomic mass is 16.4. The van der Waals surface area contributed by atoms with E-state index in [-0.39, 0.29) is 17.9 Å². The molecule has 3 N–H and O–H groups in total. The van der Waals surface area contributed by atoms with Crippen LogP contribution < -0.4 is 5.32 Å². The molecule has 21 heavy (non-hydrogen) atoms. The molecule has 2 saturated carbocycles. The van der Waals surface area contributed by atoms with E-state index in [2.05, 4.69) is 19.2 Å². The van der Waals surface area contributed by atoms with Crippen LogP contribution in [0.4, 0.5) is 0 Å². The molecule has 5 heteroatoms. The lowest BCUT2D eigenvalue weighted by atomic mass is 9.71. The van der Waals surface area contributed by atoms with E-state index in [0.29, 0.717) is 25.7 Å². The Kier molecular flexibility index (Phi) is 4.61. The number of hydrogen-bond acceptors (Lipinski definition) is 3. The number of amides is 1. The number of carboxylic acid groups (broad SMARTS) is 1. The maximum atomic E-state index is 12.2. The van der Waals surface area contributed by atoms with Gasteiger partial charge in [0.05, 0.1) is 17.4 Å². The first kappa shape index (κ1) is 16.3. The van der Waals surface area contributed by atoms with Crippen LogP contribution in [0.3, 0.4) is 0 Å². The zero-order valence-electron chi connectivity index (χ0n) is 13.0. The van der Waals surface area contributed by atoms with Crippen LogP contribution in [0.25, 0.3) is 0 Å². The number of rotatable bonds is 4. The first-order chi connectivity index (χ1) is 9.72. The summed E-state index contributed by atoms with van der Waals surface area (Å²) in [5.41, 5.74) is -0.571. The van der Waals surface area contributed by atoms with Crippen LogP contribution in [-0.2, 0) is 9.59 Å². The summed E-state index contributed by atoms with van der Waals surface area (Å²) in [7, 11) is 0. The molecule has 2 rings (SSSR count). The van der Waals surface area contributed by atoms with Crippen molar-refractivity contribution in [2.24, 2.45) is 17.3 Å². The fraction of sp³-hybridized carbons (Fsp3) is 0.875. The van der Waals surface area contributed by atoms with Gasteiger partial charge >= 0.3 is 5.97 Å². The maximum Gasteiger partial charge on any atom is 0.307 e. The van der Waals surface area contributed by atoms with Crippen LogP contribution in [0.15, 0.2) is 0 Å². The quantitative estimate of drug-likeness (QED) is 0.740. The van der Waals surface area contributed by atoms with Gasteiger partial charge < -0.3 is 15.5 Å². The second-order valence-electron chi connectivity index (χ2n) is 7.59. The molecule has 2 atom stereocenters. The van der Waals surface area contributed by atoms with E-state index in [1.54, 1.807) is 0 Å². The van der Waals surface area contributed by atoms with Gasteiger partial charge in [-0.1, -0.05) is 20.3 Å². The summed E-state index contributed by atoms with van der Waals surface area (Å²) in [5.74, 6) is -2.10. The first-order valence-electron chi connectivity index (χ1n) is 7.95. The van der Waals surface area contributed by atoms with E-state index >= 15 is 0 Å². The Labute approximate surface area is 126 Å². The summed E-state index contributed by atoms with van der Waals surface area (Å²) in [6.45, 7) is 4.63. The minimum Gasteiger partial charge on any atom is -0.481 e. The van der Waals surface area contributed by atoms with E-state index in [0.717, 1.165) is 19.3 Å². The van der Waals surface area contributed by atoms with Crippen LogP contribution in [0, 0.1) is 17.3 Å². The van der Waals surface area contributed by atoms with E-state index in [4.69, 9.17) is 5.11 Å². The normalized spacial score (nSPS) is 30.8. The van der Waals surface area contributed by atoms with Crippen molar-refractivity contribution >= 4 is 11.9 Å². The molecular formula is C16H27NO4. The van der Waals surface area contributed by atoms with Gasteiger partial charge in [-0.25, -0.2) is 0 Å². The van der Waals surface area contributed by atoms with Crippen molar-refractivity contribution in [1.29, 1.82) is 0 Å². The molecule has 1 amide bonds. The molecule has 0 aromatic carbocycles. The lowest BCUT2D eigenvalue weighted by molar-refractivity contribution is -0.146. The third-order valence-corrected chi connectivity index (χ3v) is 5.30. The van der Waals surface area contributed by atoms with Crippen LogP contribution in [0.1, 0.15) is 58.8 Å². The third-order valence-electron chi connectivity index (χ3n) is 5.30. The number of aliphatic carboxylic acids is 1. The molecule has 0 aromatic rings. The zero-order chi connectivity index (χ0) is 15.7. The number of carboxylic acids is 1. The molecular weight excluding hydrogens is 270 g/mol. The van der Waals surface area contributed by atoms with Gasteiger partial charge in [-0.15, -0.1) is 0 Å². The van der Waals surface area contributed by atoms with Crippen LogP contribution in [0.5, 0.6) is 0 Å². The van der Waals surface area contributed by atoms with E-state index in [1.807, 2.05) is 0 Å². The summed E-state index contributed by atoms with van der Waals surface area (Å²) in [6, 6.07) is 0. The van der Waals surface area contributed by atoms with Gasteiger partial charge in [0.2, 0.25) is 5.91 Å². The van der Waals surface area contributed by atoms with Gasteiger partial charge in [0, 0.05) is 6.54 Å². The molecule has 0 bridgehead atoms. The van der Waals surface area contributed by atoms with Crippen molar-refractivity contribution in [2.45, 2.75) is 64.4 Å². The number of carbonyl (C=O) groups excluding carboxylic acids is 1. The van der Waals surface area contributed by atoms with Gasteiger partial charge in [-0.2, -0.15) is 0 Å². The second kappa shape index (κ2) is 5.95. The smallest absolute Gasteiger partial charge is 0.307 e. The van der Waals surface area contributed by atoms with Gasteiger partial charge in [0.15, 0.2) is 0 Å². The molecule has 0 unspecified atom stereocenters. The van der Waals surface area contributed by atoms with Crippen molar-refractivity contribution in [3.63, 3.8) is 0 Å². The maximum absolute atomic E-state index is 12.2. The summed E-state index contributed by atoms with van der Waals surface area (Å²) in [6.07, 6.45) is 5.26. The minimum atomic E-state index is -0.884. The Hall–Kier alpha value is -1.10. The number of carbonyl (C=O) groups is 2. The Bertz CT molecular complexity index is 409. The fourth-order valence-corrected chi connectivity index (χ4v) is 3.52. The van der Waals surface area contributed by atoms with Crippen molar-refractivity contribution in [1.82, 2.24) is 5.32 Å². The molecule has 0 aliphatic heterocycles. The topological polar surface area (TPSA) is 86.6 Å². The summed E-state index contributed by atoms with van der Waals surface area (Å²) in [4.78, 5) is 23.3. The molecule has 2 aliphatic rings. The third kappa shape index (κ3) is 3.96. The lowest BCUT2D eigenvalue weighted by Crippen LogP contribution is -2.48. The van der Waals surface area contributed by atoms with Crippen LogP contribution in [0.2, 0.25) is 0 Å². The SMILES string of the molecule is CC1(C)CCC(O)(CNC(=O)[C@@H]2CCC[C@@H]2C(=O)O)CC1. The summed E-state index contributed by atoms with van der Waals surface area (Å²) >= 11 is 0. The summed E-state index contributed by atoms with van der Waals surface area (Å²) in [5, 5.41) is 22.5. The molecule has 2 fully saturated rings. The molecule has 120 valence electrons. The molecule has 0 heterocycles. The largest absolute Gasteiger partial charge is 0.481 e. The zero-order valence-corrected chi connectivity index (χ0v) is 13.0. The standard InChI is InChI=1S/C16H27NO4/c1-15(2)6-8-16(21,9-7-15)10-17-13(18)11-4-3-5-12(11)14(19)20/h11-12,21H,3-10H2,1-2H3,(H,17,18)(H,19,20)/t11-,12+/m1/s1. The fourth-order valence-electron chi connectivity index (χ4n) is 3.52. The second-order valence-corrected chi connectivity index (χ2v) is 7.59. The highest BCUT2D eigenvalue weighted by molar-refractivity contribution is 5.85. The first-order valence-corrected chi connectivity index (χ1v) is 7.95. The van der Waals surface area contributed by atoms with Crippen molar-refractivity contribution in [3.8, 4) is 0 Å². The molecule has 2 aliphatic carbocycles. The Morgan fingerprint density at radius 1 is 1.10 bits per heavy atom. The van der Waals surface area contributed by atoms with Gasteiger partial charge in [0.25, 0.3) is 0 Å². The van der Waals surface area contributed by atoms with Crippen molar-refractivity contribution in [3.05, 3.63) is 0 Å². The Morgan fingerprint density at radius 2 is 1.67 bits per heavy atom.